The number of ketones is 1. The second-order valence-electron chi connectivity index (χ2n) is 6.35. The fourth-order valence-corrected chi connectivity index (χ4v) is 2.96. The number of rotatable bonds is 7. The molecule has 1 aromatic heterocycles. The van der Waals surface area contributed by atoms with Gasteiger partial charge in [0, 0.05) is 17.7 Å². The quantitative estimate of drug-likeness (QED) is 0.474. The third-order valence-corrected chi connectivity index (χ3v) is 4.33. The Balaban J connectivity index is 1.78. The van der Waals surface area contributed by atoms with E-state index in [1.807, 2.05) is 31.2 Å². The summed E-state index contributed by atoms with van der Waals surface area (Å²) in [6, 6.07) is 20.4. The summed E-state index contributed by atoms with van der Waals surface area (Å²) in [5.41, 5.74) is 4.30. The number of hydrogen-bond donors (Lipinski definition) is 0. The van der Waals surface area contributed by atoms with Gasteiger partial charge in [-0.1, -0.05) is 30.3 Å². The highest BCUT2D eigenvalue weighted by Gasteiger charge is 2.12. The predicted octanol–water partition coefficient (Wildman–Crippen LogP) is 4.21. The van der Waals surface area contributed by atoms with E-state index in [2.05, 4.69) is 53.4 Å². The standard InChI is InChI=1S/C23H24NO2/c1-3-26-23-10-9-21(18(2)25)16-22(23)17-24-13-11-20(12-14-24)15-19-7-5-4-6-8-19/h4-14,16H,3,15,17H2,1-2H3/q+1. The molecule has 3 rings (SSSR count). The van der Waals surface area contributed by atoms with Crippen molar-refractivity contribution in [3.63, 3.8) is 0 Å². The Labute approximate surface area is 154 Å². The van der Waals surface area contributed by atoms with Crippen LogP contribution >= 0.6 is 0 Å². The van der Waals surface area contributed by atoms with Crippen LogP contribution in [0.3, 0.4) is 0 Å². The lowest BCUT2D eigenvalue weighted by Gasteiger charge is -2.09. The first kappa shape index (κ1) is 17.9. The third kappa shape index (κ3) is 4.57. The van der Waals surface area contributed by atoms with E-state index in [1.54, 1.807) is 6.92 Å². The first-order chi connectivity index (χ1) is 12.7. The number of ether oxygens (including phenoxy) is 1. The van der Waals surface area contributed by atoms with Crippen molar-refractivity contribution in [3.05, 3.63) is 95.3 Å². The van der Waals surface area contributed by atoms with Crippen molar-refractivity contribution in [2.45, 2.75) is 26.8 Å². The first-order valence-electron chi connectivity index (χ1n) is 8.94. The minimum absolute atomic E-state index is 0.0671. The van der Waals surface area contributed by atoms with Crippen molar-refractivity contribution in [3.8, 4) is 5.75 Å². The molecule has 0 unspecified atom stereocenters. The van der Waals surface area contributed by atoms with Crippen molar-refractivity contribution in [2.24, 2.45) is 0 Å². The molecule has 1 heterocycles. The number of pyridine rings is 1. The fraction of sp³-hybridized carbons (Fsp3) is 0.217. The summed E-state index contributed by atoms with van der Waals surface area (Å²) < 4.78 is 7.83. The second kappa shape index (κ2) is 8.43. The lowest BCUT2D eigenvalue weighted by Crippen LogP contribution is -2.33. The number of benzene rings is 2. The monoisotopic (exact) mass is 346 g/mol. The minimum atomic E-state index is 0.0671. The van der Waals surface area contributed by atoms with E-state index in [-0.39, 0.29) is 5.78 Å². The number of nitrogens with zero attached hydrogens (tertiary/aromatic N) is 1. The zero-order valence-corrected chi connectivity index (χ0v) is 15.3. The topological polar surface area (TPSA) is 30.2 Å². The second-order valence-corrected chi connectivity index (χ2v) is 6.35. The van der Waals surface area contributed by atoms with Gasteiger partial charge in [0.05, 0.1) is 12.2 Å². The smallest absolute Gasteiger partial charge is 0.177 e. The largest absolute Gasteiger partial charge is 0.493 e. The molecule has 26 heavy (non-hydrogen) atoms. The lowest BCUT2D eigenvalue weighted by molar-refractivity contribution is -0.688. The maximum absolute atomic E-state index is 11.7. The van der Waals surface area contributed by atoms with E-state index in [4.69, 9.17) is 4.74 Å². The Morgan fingerprint density at radius 3 is 2.31 bits per heavy atom. The summed E-state index contributed by atoms with van der Waals surface area (Å²) in [6.07, 6.45) is 5.08. The molecule has 0 fully saturated rings. The summed E-state index contributed by atoms with van der Waals surface area (Å²) >= 11 is 0. The van der Waals surface area contributed by atoms with Crippen LogP contribution in [-0.2, 0) is 13.0 Å². The molecule has 0 N–H and O–H groups in total. The summed E-state index contributed by atoms with van der Waals surface area (Å²) in [6.45, 7) is 4.83. The molecule has 3 aromatic rings. The van der Waals surface area contributed by atoms with Gasteiger partial charge < -0.3 is 4.74 Å². The van der Waals surface area contributed by atoms with Gasteiger partial charge in [0.25, 0.3) is 0 Å². The number of aromatic nitrogens is 1. The highest BCUT2D eigenvalue weighted by atomic mass is 16.5. The van der Waals surface area contributed by atoms with Crippen LogP contribution in [0.15, 0.2) is 73.1 Å². The van der Waals surface area contributed by atoms with Gasteiger partial charge in [-0.3, -0.25) is 4.79 Å². The molecular weight excluding hydrogens is 322 g/mol. The van der Waals surface area contributed by atoms with E-state index in [1.165, 1.54) is 11.1 Å². The molecular formula is C23H24NO2+. The normalized spacial score (nSPS) is 10.5. The number of hydrogen-bond acceptors (Lipinski definition) is 2. The lowest BCUT2D eigenvalue weighted by atomic mass is 10.1. The molecule has 0 saturated carbocycles. The summed E-state index contributed by atoms with van der Waals surface area (Å²) in [4.78, 5) is 11.7. The molecule has 0 radical (unpaired) electrons. The number of carbonyl (C=O) groups excluding carboxylic acids is 1. The van der Waals surface area contributed by atoms with Crippen LogP contribution in [0.2, 0.25) is 0 Å². The molecule has 2 aromatic carbocycles. The van der Waals surface area contributed by atoms with E-state index in [0.717, 1.165) is 17.7 Å². The highest BCUT2D eigenvalue weighted by Crippen LogP contribution is 2.20. The van der Waals surface area contributed by atoms with E-state index in [9.17, 15) is 4.79 Å². The van der Waals surface area contributed by atoms with Crippen LogP contribution in [0.4, 0.5) is 0 Å². The van der Waals surface area contributed by atoms with E-state index >= 15 is 0 Å². The molecule has 0 bridgehead atoms. The Bertz CT molecular complexity index is 870. The highest BCUT2D eigenvalue weighted by molar-refractivity contribution is 5.94. The first-order valence-corrected chi connectivity index (χ1v) is 8.94. The Kier molecular flexibility index (Phi) is 5.80. The molecule has 0 aliphatic heterocycles. The molecule has 0 amide bonds. The molecule has 0 aliphatic carbocycles. The molecule has 0 spiro atoms. The van der Waals surface area contributed by atoms with Gasteiger partial charge in [0.2, 0.25) is 0 Å². The van der Waals surface area contributed by atoms with Gasteiger partial charge in [-0.15, -0.1) is 0 Å². The SMILES string of the molecule is CCOc1ccc(C(C)=O)cc1C[n+]1ccc(Cc2ccccc2)cc1. The fourth-order valence-electron chi connectivity index (χ4n) is 2.96. The van der Waals surface area contributed by atoms with Crippen LogP contribution in [0, 0.1) is 0 Å². The van der Waals surface area contributed by atoms with E-state index < -0.39 is 0 Å². The molecule has 0 atom stereocenters. The van der Waals surface area contributed by atoms with Crippen molar-refractivity contribution >= 4 is 5.78 Å². The number of Topliss-reactive ketones (excluding diaryl/α,β-unsaturated/α-hetero) is 1. The van der Waals surface area contributed by atoms with Crippen molar-refractivity contribution < 1.29 is 14.1 Å². The maximum atomic E-state index is 11.7. The van der Waals surface area contributed by atoms with Crippen LogP contribution in [0.5, 0.6) is 5.75 Å². The maximum Gasteiger partial charge on any atom is 0.177 e. The van der Waals surface area contributed by atoms with Crippen LogP contribution < -0.4 is 9.30 Å². The Morgan fingerprint density at radius 1 is 0.962 bits per heavy atom. The average Bonchev–Trinajstić information content (AvgIpc) is 2.65. The van der Waals surface area contributed by atoms with Gasteiger partial charge >= 0.3 is 0 Å². The van der Waals surface area contributed by atoms with Gasteiger partial charge in [-0.05, 0) is 49.6 Å². The summed E-state index contributed by atoms with van der Waals surface area (Å²) in [5.74, 6) is 0.899. The van der Waals surface area contributed by atoms with Gasteiger partial charge in [-0.25, -0.2) is 4.57 Å². The van der Waals surface area contributed by atoms with Gasteiger partial charge in [-0.2, -0.15) is 0 Å². The van der Waals surface area contributed by atoms with Crippen molar-refractivity contribution in [2.75, 3.05) is 6.61 Å². The molecule has 3 heteroatoms. The van der Waals surface area contributed by atoms with Gasteiger partial charge in [0.15, 0.2) is 24.7 Å². The molecule has 3 nitrogen and oxygen atoms in total. The predicted molar refractivity (Wildman–Crippen MR) is 103 cm³/mol. The molecule has 132 valence electrons. The Hall–Kier alpha value is -2.94. The third-order valence-electron chi connectivity index (χ3n) is 4.33. The van der Waals surface area contributed by atoms with Crippen LogP contribution in [0.1, 0.15) is 40.9 Å². The zero-order chi connectivity index (χ0) is 18.4. The minimum Gasteiger partial charge on any atom is -0.493 e. The van der Waals surface area contributed by atoms with Gasteiger partial charge in [0.1, 0.15) is 5.75 Å². The zero-order valence-electron chi connectivity index (χ0n) is 15.3. The Morgan fingerprint density at radius 2 is 1.65 bits per heavy atom. The average molecular weight is 346 g/mol. The van der Waals surface area contributed by atoms with Crippen LogP contribution in [-0.4, -0.2) is 12.4 Å². The van der Waals surface area contributed by atoms with Crippen LogP contribution in [0.25, 0.3) is 0 Å². The van der Waals surface area contributed by atoms with E-state index in [0.29, 0.717) is 18.7 Å². The summed E-state index contributed by atoms with van der Waals surface area (Å²) in [7, 11) is 0. The summed E-state index contributed by atoms with van der Waals surface area (Å²) in [5, 5.41) is 0. The molecule has 0 saturated heterocycles. The van der Waals surface area contributed by atoms with Crippen molar-refractivity contribution in [1.29, 1.82) is 0 Å². The van der Waals surface area contributed by atoms with Crippen molar-refractivity contribution in [1.82, 2.24) is 0 Å². The molecule has 0 aliphatic rings. The number of carbonyl (C=O) groups is 1.